The Kier molecular flexibility index (Phi) is 3.33. The van der Waals surface area contributed by atoms with E-state index >= 15 is 0 Å². The minimum Gasteiger partial charge on any atom is -0.382 e. The molecule has 1 aliphatic heterocycles. The summed E-state index contributed by atoms with van der Waals surface area (Å²) in [6, 6.07) is 9.84. The second-order valence-corrected chi connectivity index (χ2v) is 6.36. The van der Waals surface area contributed by atoms with Gasteiger partial charge in [0.1, 0.15) is 5.60 Å². The summed E-state index contributed by atoms with van der Waals surface area (Å²) in [5.41, 5.74) is 0.881. The van der Waals surface area contributed by atoms with Crippen LogP contribution < -0.4 is 0 Å². The Bertz CT molecular complexity index is 557. The van der Waals surface area contributed by atoms with Crippen molar-refractivity contribution in [3.8, 4) is 5.69 Å². The van der Waals surface area contributed by atoms with E-state index in [0.29, 0.717) is 0 Å². The van der Waals surface area contributed by atoms with Gasteiger partial charge in [-0.25, -0.2) is 4.68 Å². The van der Waals surface area contributed by atoms with Crippen LogP contribution in [-0.2, 0) is 5.60 Å². The molecule has 19 heavy (non-hydrogen) atoms. The molecule has 1 aromatic carbocycles. The largest absolute Gasteiger partial charge is 0.382 e. The van der Waals surface area contributed by atoms with Crippen molar-refractivity contribution in [1.29, 1.82) is 0 Å². The number of para-hydroxylation sites is 1. The lowest BCUT2D eigenvalue weighted by Gasteiger charge is -2.37. The molecule has 4 nitrogen and oxygen atoms in total. The third kappa shape index (κ3) is 2.17. The highest BCUT2D eigenvalue weighted by molar-refractivity contribution is 8.00. The van der Waals surface area contributed by atoms with Gasteiger partial charge >= 0.3 is 0 Å². The summed E-state index contributed by atoms with van der Waals surface area (Å²) in [6.45, 7) is 2.08. The standard InChI is InChI=1S/C14H17N3OS/c1-11-14(18,8-5-9-19-11)13-10-15-16-17(13)12-6-3-2-4-7-12/h2-4,6-7,10-11,18H,5,8-9H2,1H3. The Morgan fingerprint density at radius 3 is 2.89 bits per heavy atom. The third-order valence-corrected chi connectivity index (χ3v) is 5.15. The number of hydrogen-bond acceptors (Lipinski definition) is 4. The van der Waals surface area contributed by atoms with E-state index in [1.54, 1.807) is 10.9 Å². The van der Waals surface area contributed by atoms with Crippen molar-refractivity contribution in [1.82, 2.24) is 15.0 Å². The fourth-order valence-corrected chi connectivity index (χ4v) is 3.75. The molecule has 1 aromatic heterocycles. The number of benzene rings is 1. The normalized spacial score (nSPS) is 27.4. The molecule has 1 aliphatic rings. The van der Waals surface area contributed by atoms with E-state index in [4.69, 9.17) is 0 Å². The van der Waals surface area contributed by atoms with Crippen LogP contribution in [0.5, 0.6) is 0 Å². The van der Waals surface area contributed by atoms with Gasteiger partial charge in [0.2, 0.25) is 0 Å². The van der Waals surface area contributed by atoms with Gasteiger partial charge in [-0.2, -0.15) is 11.8 Å². The number of nitrogens with zero attached hydrogens (tertiary/aromatic N) is 3. The van der Waals surface area contributed by atoms with E-state index in [2.05, 4.69) is 17.2 Å². The lowest BCUT2D eigenvalue weighted by molar-refractivity contribution is 0.0188. The van der Waals surface area contributed by atoms with Gasteiger partial charge < -0.3 is 5.11 Å². The Hall–Kier alpha value is -1.33. The topological polar surface area (TPSA) is 50.9 Å². The van der Waals surface area contributed by atoms with Crippen molar-refractivity contribution in [3.63, 3.8) is 0 Å². The molecule has 1 N–H and O–H groups in total. The molecule has 5 heteroatoms. The van der Waals surface area contributed by atoms with Crippen LogP contribution in [0.3, 0.4) is 0 Å². The van der Waals surface area contributed by atoms with Gasteiger partial charge in [0.25, 0.3) is 0 Å². The molecule has 0 radical (unpaired) electrons. The molecule has 2 aromatic rings. The Balaban J connectivity index is 2.05. The molecule has 0 bridgehead atoms. The summed E-state index contributed by atoms with van der Waals surface area (Å²) < 4.78 is 1.75. The number of hydrogen-bond donors (Lipinski definition) is 1. The highest BCUT2D eigenvalue weighted by Crippen LogP contribution is 2.41. The summed E-state index contributed by atoms with van der Waals surface area (Å²) in [5, 5.41) is 19.3. The summed E-state index contributed by atoms with van der Waals surface area (Å²) in [5.74, 6) is 1.11. The van der Waals surface area contributed by atoms with Crippen molar-refractivity contribution in [2.75, 3.05) is 5.75 Å². The van der Waals surface area contributed by atoms with E-state index < -0.39 is 5.60 Å². The SMILES string of the molecule is CC1SCCCC1(O)c1cnnn1-c1ccccc1. The van der Waals surface area contributed by atoms with E-state index in [9.17, 15) is 5.11 Å². The molecule has 0 spiro atoms. The van der Waals surface area contributed by atoms with Crippen LogP contribution in [0.4, 0.5) is 0 Å². The molecule has 2 unspecified atom stereocenters. The Labute approximate surface area is 116 Å². The first kappa shape index (κ1) is 12.7. The third-order valence-electron chi connectivity index (χ3n) is 3.74. The second-order valence-electron chi connectivity index (χ2n) is 4.91. The first-order chi connectivity index (χ1) is 9.22. The first-order valence-corrected chi connectivity index (χ1v) is 7.57. The zero-order valence-corrected chi connectivity index (χ0v) is 11.7. The molecule has 1 saturated heterocycles. The van der Waals surface area contributed by atoms with Crippen LogP contribution in [0.25, 0.3) is 5.69 Å². The van der Waals surface area contributed by atoms with Crippen LogP contribution >= 0.6 is 11.8 Å². The van der Waals surface area contributed by atoms with Crippen LogP contribution in [0.2, 0.25) is 0 Å². The summed E-state index contributed by atoms with van der Waals surface area (Å²) in [7, 11) is 0. The molecular weight excluding hydrogens is 258 g/mol. The number of rotatable bonds is 2. The minimum atomic E-state index is -0.845. The van der Waals surface area contributed by atoms with Gasteiger partial charge in [-0.15, -0.1) is 5.10 Å². The highest BCUT2D eigenvalue weighted by atomic mass is 32.2. The van der Waals surface area contributed by atoms with Crippen molar-refractivity contribution in [2.45, 2.75) is 30.6 Å². The average molecular weight is 275 g/mol. The number of thioether (sulfide) groups is 1. The van der Waals surface area contributed by atoms with Crippen LogP contribution in [0.1, 0.15) is 25.5 Å². The van der Waals surface area contributed by atoms with Crippen molar-refractivity contribution < 1.29 is 5.11 Å². The lowest BCUT2D eigenvalue weighted by Crippen LogP contribution is -2.40. The zero-order chi connectivity index (χ0) is 13.3. The summed E-state index contributed by atoms with van der Waals surface area (Å²) in [6.07, 6.45) is 3.47. The van der Waals surface area contributed by atoms with Gasteiger partial charge in [-0.1, -0.05) is 30.3 Å². The van der Waals surface area contributed by atoms with E-state index in [-0.39, 0.29) is 5.25 Å². The maximum Gasteiger partial charge on any atom is 0.120 e. The molecule has 0 amide bonds. The van der Waals surface area contributed by atoms with Gasteiger partial charge in [0, 0.05) is 5.25 Å². The predicted molar refractivity (Wildman–Crippen MR) is 76.4 cm³/mol. The zero-order valence-electron chi connectivity index (χ0n) is 10.9. The number of aromatic nitrogens is 3. The van der Waals surface area contributed by atoms with Gasteiger partial charge in [0.05, 0.1) is 17.6 Å². The highest BCUT2D eigenvalue weighted by Gasteiger charge is 2.41. The maximum absolute atomic E-state index is 11.0. The van der Waals surface area contributed by atoms with Crippen molar-refractivity contribution in [3.05, 3.63) is 42.2 Å². The molecular formula is C14H17N3OS. The fourth-order valence-electron chi connectivity index (χ4n) is 2.57. The molecule has 0 saturated carbocycles. The van der Waals surface area contributed by atoms with E-state index in [1.807, 2.05) is 42.1 Å². The van der Waals surface area contributed by atoms with Gasteiger partial charge in [0.15, 0.2) is 0 Å². The average Bonchev–Trinajstić information content (AvgIpc) is 2.93. The number of aliphatic hydroxyl groups is 1. The fraction of sp³-hybridized carbons (Fsp3) is 0.429. The lowest BCUT2D eigenvalue weighted by atomic mass is 9.90. The molecule has 0 aliphatic carbocycles. The minimum absolute atomic E-state index is 0.155. The van der Waals surface area contributed by atoms with E-state index in [1.165, 1.54) is 0 Å². The van der Waals surface area contributed by atoms with E-state index in [0.717, 1.165) is 30.0 Å². The predicted octanol–water partition coefficient (Wildman–Crippen LogP) is 2.37. The monoisotopic (exact) mass is 275 g/mol. The van der Waals surface area contributed by atoms with Crippen molar-refractivity contribution in [2.24, 2.45) is 0 Å². The first-order valence-electron chi connectivity index (χ1n) is 6.52. The van der Waals surface area contributed by atoms with Gasteiger partial charge in [-0.3, -0.25) is 0 Å². The van der Waals surface area contributed by atoms with Crippen molar-refractivity contribution >= 4 is 11.8 Å². The molecule has 2 heterocycles. The molecule has 1 fully saturated rings. The molecule has 3 rings (SSSR count). The summed E-state index contributed by atoms with van der Waals surface area (Å²) >= 11 is 1.81. The summed E-state index contributed by atoms with van der Waals surface area (Å²) in [4.78, 5) is 0. The van der Waals surface area contributed by atoms with Crippen LogP contribution in [0.15, 0.2) is 36.5 Å². The van der Waals surface area contributed by atoms with Gasteiger partial charge in [-0.05, 0) is 30.7 Å². The Morgan fingerprint density at radius 1 is 1.37 bits per heavy atom. The smallest absolute Gasteiger partial charge is 0.120 e. The Morgan fingerprint density at radius 2 is 2.16 bits per heavy atom. The second kappa shape index (κ2) is 4.98. The van der Waals surface area contributed by atoms with Crippen LogP contribution in [-0.4, -0.2) is 31.1 Å². The maximum atomic E-state index is 11.0. The quantitative estimate of drug-likeness (QED) is 0.914. The molecule has 100 valence electrons. The van der Waals surface area contributed by atoms with Crippen LogP contribution in [0, 0.1) is 0 Å². The molecule has 2 atom stereocenters.